The number of amides is 1. The number of carbonyl (C=O) groups is 1. The first-order valence-electron chi connectivity index (χ1n) is 6.66. The van der Waals surface area contributed by atoms with Gasteiger partial charge in [-0.15, -0.1) is 0 Å². The van der Waals surface area contributed by atoms with E-state index in [0.717, 1.165) is 10.9 Å². The minimum Gasteiger partial charge on any atom is -0.409 e. The second kappa shape index (κ2) is 6.21. The maximum absolute atomic E-state index is 12.4. The minimum atomic E-state index is -0.693. The minimum absolute atomic E-state index is 0.0889. The molecule has 1 atom stereocenters. The van der Waals surface area contributed by atoms with Crippen LogP contribution < -0.4 is 11.1 Å². The molecule has 0 bridgehead atoms. The number of hydrogen-bond donors (Lipinski definition) is 3. The maximum Gasteiger partial charge on any atom is 0.235 e. The number of nitrogens with two attached hydrogens (primary N) is 1. The Bertz CT molecular complexity index is 677. The number of hydrogen-bond acceptors (Lipinski definition) is 4. The Morgan fingerprint density at radius 3 is 2.76 bits per heavy atom. The third kappa shape index (κ3) is 3.10. The van der Waals surface area contributed by atoms with Gasteiger partial charge >= 0.3 is 0 Å². The van der Waals surface area contributed by atoms with Crippen molar-refractivity contribution in [2.45, 2.75) is 13.8 Å². The Morgan fingerprint density at radius 2 is 2.10 bits per heavy atom. The van der Waals surface area contributed by atoms with Gasteiger partial charge in [-0.25, -0.2) is 0 Å². The van der Waals surface area contributed by atoms with Crippen LogP contribution in [-0.2, 0) is 4.79 Å². The lowest BCUT2D eigenvalue weighted by atomic mass is 9.93. The van der Waals surface area contributed by atoms with E-state index in [1.165, 1.54) is 0 Å². The first-order chi connectivity index (χ1) is 10.0. The van der Waals surface area contributed by atoms with Crippen LogP contribution in [0, 0.1) is 11.8 Å². The van der Waals surface area contributed by atoms with E-state index in [-0.39, 0.29) is 17.7 Å². The van der Waals surface area contributed by atoms with Crippen LogP contribution in [0.3, 0.4) is 0 Å². The monoisotopic (exact) mass is 286 g/mol. The fraction of sp³-hybridized carbons (Fsp3) is 0.267. The molecule has 2 rings (SSSR count). The first kappa shape index (κ1) is 14.8. The molecule has 1 aromatic carbocycles. The summed E-state index contributed by atoms with van der Waals surface area (Å²) in [6.45, 7) is 3.68. The fourth-order valence-corrected chi connectivity index (χ4v) is 2.26. The molecule has 0 aliphatic carbocycles. The highest BCUT2D eigenvalue weighted by Crippen LogP contribution is 2.23. The third-order valence-corrected chi connectivity index (χ3v) is 3.29. The zero-order chi connectivity index (χ0) is 15.4. The summed E-state index contributed by atoms with van der Waals surface area (Å²) in [5, 5.41) is 15.4. The van der Waals surface area contributed by atoms with Gasteiger partial charge in [0.1, 0.15) is 5.92 Å². The van der Waals surface area contributed by atoms with Gasteiger partial charge < -0.3 is 16.3 Å². The second-order valence-electron chi connectivity index (χ2n) is 5.11. The molecule has 110 valence electrons. The van der Waals surface area contributed by atoms with E-state index >= 15 is 0 Å². The molecule has 4 N–H and O–H groups in total. The SMILES string of the molecule is CC(C)C(C(=O)Nc1cccc2ncccc12)C(N)=NO. The Balaban J connectivity index is 2.33. The highest BCUT2D eigenvalue weighted by molar-refractivity contribution is 6.10. The summed E-state index contributed by atoms with van der Waals surface area (Å²) in [6, 6.07) is 9.17. The van der Waals surface area contributed by atoms with Crippen molar-refractivity contribution in [2.24, 2.45) is 22.7 Å². The van der Waals surface area contributed by atoms with Crippen molar-refractivity contribution in [2.75, 3.05) is 5.32 Å². The summed E-state index contributed by atoms with van der Waals surface area (Å²) in [6.07, 6.45) is 1.70. The molecule has 2 aromatic rings. The molecule has 0 saturated heterocycles. The van der Waals surface area contributed by atoms with E-state index in [2.05, 4.69) is 15.5 Å². The Labute approximate surface area is 122 Å². The average molecular weight is 286 g/mol. The van der Waals surface area contributed by atoms with Gasteiger partial charge in [-0.05, 0) is 30.2 Å². The van der Waals surface area contributed by atoms with Crippen LogP contribution in [0.25, 0.3) is 10.9 Å². The molecular weight excluding hydrogens is 268 g/mol. The van der Waals surface area contributed by atoms with Crippen LogP contribution in [0.2, 0.25) is 0 Å². The summed E-state index contributed by atoms with van der Waals surface area (Å²) < 4.78 is 0. The topological polar surface area (TPSA) is 101 Å². The van der Waals surface area contributed by atoms with E-state index in [1.54, 1.807) is 12.3 Å². The summed E-state index contributed by atoms with van der Waals surface area (Å²) in [7, 11) is 0. The highest BCUT2D eigenvalue weighted by Gasteiger charge is 2.27. The van der Waals surface area contributed by atoms with Crippen molar-refractivity contribution < 1.29 is 10.0 Å². The lowest BCUT2D eigenvalue weighted by molar-refractivity contribution is -0.119. The van der Waals surface area contributed by atoms with Crippen molar-refractivity contribution >= 4 is 28.3 Å². The van der Waals surface area contributed by atoms with Crippen LogP contribution >= 0.6 is 0 Å². The smallest absolute Gasteiger partial charge is 0.235 e. The van der Waals surface area contributed by atoms with Crippen LogP contribution in [0.15, 0.2) is 41.7 Å². The molecule has 0 spiro atoms. The standard InChI is InChI=1S/C15H18N4O2/c1-9(2)13(14(16)19-21)15(20)18-12-7-3-6-11-10(12)5-4-8-17-11/h3-9,13,21H,1-2H3,(H2,16,19)(H,18,20). The quantitative estimate of drug-likeness (QED) is 0.347. The van der Waals surface area contributed by atoms with Gasteiger partial charge in [0.2, 0.25) is 5.91 Å². The summed E-state index contributed by atoms with van der Waals surface area (Å²) in [5.41, 5.74) is 7.06. The van der Waals surface area contributed by atoms with Gasteiger partial charge in [0.15, 0.2) is 5.84 Å². The predicted molar refractivity (Wildman–Crippen MR) is 82.1 cm³/mol. The largest absolute Gasteiger partial charge is 0.409 e. The van der Waals surface area contributed by atoms with Gasteiger partial charge in [-0.3, -0.25) is 9.78 Å². The van der Waals surface area contributed by atoms with Gasteiger partial charge in [0.05, 0.1) is 11.2 Å². The van der Waals surface area contributed by atoms with Crippen LogP contribution in [-0.4, -0.2) is 21.9 Å². The molecule has 1 amide bonds. The van der Waals surface area contributed by atoms with Crippen molar-refractivity contribution in [1.82, 2.24) is 4.98 Å². The van der Waals surface area contributed by atoms with Crippen molar-refractivity contribution in [3.8, 4) is 0 Å². The number of pyridine rings is 1. The number of amidine groups is 1. The summed E-state index contributed by atoms with van der Waals surface area (Å²) >= 11 is 0. The average Bonchev–Trinajstić information content (AvgIpc) is 2.47. The van der Waals surface area contributed by atoms with Crippen LogP contribution in [0.1, 0.15) is 13.8 Å². The molecule has 1 aromatic heterocycles. The first-order valence-corrected chi connectivity index (χ1v) is 6.66. The molecule has 0 aliphatic heterocycles. The van der Waals surface area contributed by atoms with Crippen molar-refractivity contribution in [3.05, 3.63) is 36.5 Å². The highest BCUT2D eigenvalue weighted by atomic mass is 16.4. The molecule has 6 heteroatoms. The molecule has 0 fully saturated rings. The molecular formula is C15H18N4O2. The zero-order valence-corrected chi connectivity index (χ0v) is 11.9. The second-order valence-corrected chi connectivity index (χ2v) is 5.11. The van der Waals surface area contributed by atoms with Crippen molar-refractivity contribution in [3.63, 3.8) is 0 Å². The molecule has 21 heavy (non-hydrogen) atoms. The number of rotatable bonds is 4. The van der Waals surface area contributed by atoms with Gasteiger partial charge in [0.25, 0.3) is 0 Å². The number of oxime groups is 1. The number of nitrogens with zero attached hydrogens (tertiary/aromatic N) is 2. The maximum atomic E-state index is 12.4. The fourth-order valence-electron chi connectivity index (χ4n) is 2.26. The molecule has 1 unspecified atom stereocenters. The molecule has 1 heterocycles. The predicted octanol–water partition coefficient (Wildman–Crippen LogP) is 2.19. The van der Waals surface area contributed by atoms with Crippen LogP contribution in [0.5, 0.6) is 0 Å². The lowest BCUT2D eigenvalue weighted by Gasteiger charge is -2.19. The Hall–Kier alpha value is -2.63. The van der Waals surface area contributed by atoms with Crippen LogP contribution in [0.4, 0.5) is 5.69 Å². The molecule has 0 aliphatic rings. The Morgan fingerprint density at radius 1 is 1.33 bits per heavy atom. The van der Waals surface area contributed by atoms with E-state index in [9.17, 15) is 4.79 Å². The van der Waals surface area contributed by atoms with Crippen molar-refractivity contribution in [1.29, 1.82) is 0 Å². The van der Waals surface area contributed by atoms with Gasteiger partial charge in [-0.2, -0.15) is 0 Å². The Kier molecular flexibility index (Phi) is 4.37. The van der Waals surface area contributed by atoms with Gasteiger partial charge in [0, 0.05) is 11.6 Å². The lowest BCUT2D eigenvalue weighted by Crippen LogP contribution is -2.38. The number of nitrogens with one attached hydrogen (secondary N) is 1. The normalized spacial score (nSPS) is 13.4. The number of carbonyl (C=O) groups excluding carboxylic acids is 1. The van der Waals surface area contributed by atoms with E-state index in [1.807, 2.05) is 38.1 Å². The van der Waals surface area contributed by atoms with E-state index in [4.69, 9.17) is 10.9 Å². The van der Waals surface area contributed by atoms with E-state index in [0.29, 0.717) is 5.69 Å². The molecule has 6 nitrogen and oxygen atoms in total. The number of fused-ring (bicyclic) bond motifs is 1. The summed E-state index contributed by atoms with van der Waals surface area (Å²) in [5.74, 6) is -1.19. The molecule has 0 radical (unpaired) electrons. The van der Waals surface area contributed by atoms with E-state index < -0.39 is 5.92 Å². The number of anilines is 1. The zero-order valence-electron chi connectivity index (χ0n) is 11.9. The number of aromatic nitrogens is 1. The number of benzene rings is 1. The van der Waals surface area contributed by atoms with Gasteiger partial charge in [-0.1, -0.05) is 25.1 Å². The molecule has 0 saturated carbocycles. The summed E-state index contributed by atoms with van der Waals surface area (Å²) in [4.78, 5) is 16.6. The third-order valence-electron chi connectivity index (χ3n) is 3.29.